The van der Waals surface area contributed by atoms with E-state index in [-0.39, 0.29) is 0 Å². The summed E-state index contributed by atoms with van der Waals surface area (Å²) in [6.07, 6.45) is 1.75. The van der Waals surface area contributed by atoms with Crippen molar-refractivity contribution in [2.24, 2.45) is 0 Å². The van der Waals surface area contributed by atoms with Crippen molar-refractivity contribution in [3.8, 4) is 17.2 Å². The largest absolute Gasteiger partial charge is 0.495 e. The smallest absolute Gasteiger partial charge is 0.226 e. The molecule has 1 aromatic heterocycles. The number of nitrogens with two attached hydrogens (primary N) is 1. The van der Waals surface area contributed by atoms with Crippen molar-refractivity contribution in [3.63, 3.8) is 0 Å². The predicted octanol–water partition coefficient (Wildman–Crippen LogP) is 3.06. The fraction of sp³-hybridized carbons (Fsp3) is 0.308. The van der Waals surface area contributed by atoms with Crippen LogP contribution >= 0.6 is 0 Å². The highest BCUT2D eigenvalue weighted by atomic mass is 16.5. The lowest BCUT2D eigenvalue weighted by Crippen LogP contribution is -1.92. The van der Waals surface area contributed by atoms with Gasteiger partial charge in [0.15, 0.2) is 0 Å². The van der Waals surface area contributed by atoms with E-state index in [2.05, 4.69) is 18.8 Å². The molecule has 2 N–H and O–H groups in total. The maximum absolute atomic E-state index is 5.76. The average Bonchev–Trinajstić information content (AvgIpc) is 2.79. The van der Waals surface area contributed by atoms with Gasteiger partial charge in [0.2, 0.25) is 5.89 Å². The SMILES string of the molecule is COc1cc(-c2ncc(C(C)C)o2)ccc1N. The number of nitrogens with zero attached hydrogens (tertiary/aromatic N) is 1. The van der Waals surface area contributed by atoms with Crippen LogP contribution in [0.2, 0.25) is 0 Å². The van der Waals surface area contributed by atoms with Gasteiger partial charge in [-0.25, -0.2) is 4.98 Å². The maximum atomic E-state index is 5.76. The molecule has 17 heavy (non-hydrogen) atoms. The Morgan fingerprint density at radius 3 is 2.71 bits per heavy atom. The molecule has 0 radical (unpaired) electrons. The summed E-state index contributed by atoms with van der Waals surface area (Å²) in [5.74, 6) is 2.42. The van der Waals surface area contributed by atoms with Crippen LogP contribution in [0.5, 0.6) is 5.75 Å². The molecule has 90 valence electrons. The first-order chi connectivity index (χ1) is 8.11. The molecule has 4 nitrogen and oxygen atoms in total. The summed E-state index contributed by atoms with van der Waals surface area (Å²) < 4.78 is 10.8. The van der Waals surface area contributed by atoms with E-state index >= 15 is 0 Å². The van der Waals surface area contributed by atoms with Crippen LogP contribution in [0.1, 0.15) is 25.5 Å². The Balaban J connectivity index is 2.38. The molecule has 0 aliphatic rings. The zero-order valence-electron chi connectivity index (χ0n) is 10.2. The highest BCUT2D eigenvalue weighted by molar-refractivity contribution is 5.64. The number of nitrogen functional groups attached to an aromatic ring is 1. The van der Waals surface area contributed by atoms with E-state index in [1.165, 1.54) is 0 Å². The van der Waals surface area contributed by atoms with E-state index in [1.54, 1.807) is 19.4 Å². The summed E-state index contributed by atoms with van der Waals surface area (Å²) in [5.41, 5.74) is 7.22. The van der Waals surface area contributed by atoms with Gasteiger partial charge in [-0.15, -0.1) is 0 Å². The molecule has 0 unspecified atom stereocenters. The van der Waals surface area contributed by atoms with E-state index < -0.39 is 0 Å². The number of benzene rings is 1. The quantitative estimate of drug-likeness (QED) is 0.826. The molecular formula is C13H16N2O2. The third-order valence-electron chi connectivity index (χ3n) is 2.57. The Morgan fingerprint density at radius 1 is 1.35 bits per heavy atom. The minimum atomic E-state index is 0.326. The molecule has 2 rings (SSSR count). The molecule has 0 fully saturated rings. The molecule has 0 saturated heterocycles. The zero-order chi connectivity index (χ0) is 12.4. The minimum absolute atomic E-state index is 0.326. The second-order valence-electron chi connectivity index (χ2n) is 4.18. The lowest BCUT2D eigenvalue weighted by molar-refractivity contribution is 0.417. The minimum Gasteiger partial charge on any atom is -0.495 e. The summed E-state index contributed by atoms with van der Waals surface area (Å²) in [6, 6.07) is 5.48. The number of anilines is 1. The molecule has 0 atom stereocenters. The van der Waals surface area contributed by atoms with Crippen LogP contribution in [0.25, 0.3) is 11.5 Å². The van der Waals surface area contributed by atoms with Crippen LogP contribution in [0.4, 0.5) is 5.69 Å². The third-order valence-corrected chi connectivity index (χ3v) is 2.57. The van der Waals surface area contributed by atoms with Gasteiger partial charge in [-0.05, 0) is 18.2 Å². The van der Waals surface area contributed by atoms with Gasteiger partial charge in [0.1, 0.15) is 11.5 Å². The first-order valence-electron chi connectivity index (χ1n) is 5.51. The van der Waals surface area contributed by atoms with Gasteiger partial charge >= 0.3 is 0 Å². The monoisotopic (exact) mass is 232 g/mol. The topological polar surface area (TPSA) is 61.3 Å². The normalized spacial score (nSPS) is 10.8. The van der Waals surface area contributed by atoms with Gasteiger partial charge < -0.3 is 14.9 Å². The molecule has 4 heteroatoms. The van der Waals surface area contributed by atoms with Crippen LogP contribution in [0, 0.1) is 0 Å². The number of aromatic nitrogens is 1. The zero-order valence-corrected chi connectivity index (χ0v) is 10.2. The van der Waals surface area contributed by atoms with Crippen LogP contribution in [-0.4, -0.2) is 12.1 Å². The Bertz CT molecular complexity index is 518. The van der Waals surface area contributed by atoms with Crippen LogP contribution in [0.3, 0.4) is 0 Å². The highest BCUT2D eigenvalue weighted by Gasteiger charge is 2.11. The van der Waals surface area contributed by atoms with Crippen LogP contribution < -0.4 is 10.5 Å². The Labute approximate surface area is 100 Å². The summed E-state index contributed by atoms with van der Waals surface area (Å²) in [7, 11) is 1.59. The van der Waals surface area contributed by atoms with Gasteiger partial charge in [-0.1, -0.05) is 13.8 Å². The molecule has 0 saturated carbocycles. The van der Waals surface area contributed by atoms with Gasteiger partial charge in [-0.2, -0.15) is 0 Å². The first kappa shape index (κ1) is 11.5. The number of hydrogen-bond donors (Lipinski definition) is 1. The first-order valence-corrected chi connectivity index (χ1v) is 5.51. The molecule has 0 aliphatic carbocycles. The van der Waals surface area contributed by atoms with Gasteiger partial charge in [0.25, 0.3) is 0 Å². The van der Waals surface area contributed by atoms with E-state index in [0.29, 0.717) is 23.2 Å². The lowest BCUT2D eigenvalue weighted by Gasteiger charge is -2.05. The number of ether oxygens (including phenoxy) is 1. The lowest BCUT2D eigenvalue weighted by atomic mass is 10.2. The summed E-state index contributed by atoms with van der Waals surface area (Å²) in [4.78, 5) is 4.25. The fourth-order valence-electron chi connectivity index (χ4n) is 1.53. The highest BCUT2D eigenvalue weighted by Crippen LogP contribution is 2.29. The third kappa shape index (κ3) is 2.25. The van der Waals surface area contributed by atoms with Crippen molar-refractivity contribution in [2.45, 2.75) is 19.8 Å². The molecular weight excluding hydrogens is 216 g/mol. The summed E-state index contributed by atoms with van der Waals surface area (Å²) >= 11 is 0. The van der Waals surface area contributed by atoms with E-state index in [4.69, 9.17) is 14.9 Å². The number of rotatable bonds is 3. The molecule has 1 aromatic carbocycles. The summed E-state index contributed by atoms with van der Waals surface area (Å²) in [6.45, 7) is 4.13. The van der Waals surface area contributed by atoms with Crippen molar-refractivity contribution in [1.29, 1.82) is 0 Å². The second kappa shape index (κ2) is 4.49. The van der Waals surface area contributed by atoms with Crippen molar-refractivity contribution < 1.29 is 9.15 Å². The molecule has 0 aliphatic heterocycles. The van der Waals surface area contributed by atoms with E-state index in [9.17, 15) is 0 Å². The van der Waals surface area contributed by atoms with E-state index in [0.717, 1.165) is 11.3 Å². The standard InChI is InChI=1S/C13H16N2O2/c1-8(2)12-7-15-13(17-12)9-4-5-10(14)11(6-9)16-3/h4-8H,14H2,1-3H3. The Hall–Kier alpha value is -1.97. The van der Waals surface area contributed by atoms with Gasteiger partial charge in [-0.3, -0.25) is 0 Å². The Kier molecular flexibility index (Phi) is 3.04. The van der Waals surface area contributed by atoms with Crippen molar-refractivity contribution in [2.75, 3.05) is 12.8 Å². The van der Waals surface area contributed by atoms with Gasteiger partial charge in [0, 0.05) is 11.5 Å². The molecule has 0 spiro atoms. The predicted molar refractivity (Wildman–Crippen MR) is 67.0 cm³/mol. The number of hydrogen-bond acceptors (Lipinski definition) is 4. The van der Waals surface area contributed by atoms with Gasteiger partial charge in [0.05, 0.1) is 19.0 Å². The van der Waals surface area contributed by atoms with Crippen LogP contribution in [-0.2, 0) is 0 Å². The van der Waals surface area contributed by atoms with Crippen molar-refractivity contribution in [1.82, 2.24) is 4.98 Å². The number of oxazole rings is 1. The Morgan fingerprint density at radius 2 is 2.12 bits per heavy atom. The fourth-order valence-corrected chi connectivity index (χ4v) is 1.53. The maximum Gasteiger partial charge on any atom is 0.226 e. The molecule has 0 amide bonds. The summed E-state index contributed by atoms with van der Waals surface area (Å²) in [5, 5.41) is 0. The molecule has 1 heterocycles. The number of methoxy groups -OCH3 is 1. The van der Waals surface area contributed by atoms with Crippen molar-refractivity contribution >= 4 is 5.69 Å². The van der Waals surface area contributed by atoms with Crippen molar-refractivity contribution in [3.05, 3.63) is 30.2 Å². The van der Waals surface area contributed by atoms with Crippen LogP contribution in [0.15, 0.2) is 28.8 Å². The molecule has 0 bridgehead atoms. The second-order valence-corrected chi connectivity index (χ2v) is 4.18. The van der Waals surface area contributed by atoms with E-state index in [1.807, 2.05) is 12.1 Å². The molecule has 2 aromatic rings. The average molecular weight is 232 g/mol.